The predicted octanol–water partition coefficient (Wildman–Crippen LogP) is 3.33. The first kappa shape index (κ1) is 14.0. The number of carbonyl (C=O) groups excluding carboxylic acids is 1. The maximum Gasteiger partial charge on any atom is 0.223 e. The maximum atomic E-state index is 12.1. The van der Waals surface area contributed by atoms with E-state index in [1.807, 2.05) is 23.2 Å². The van der Waals surface area contributed by atoms with Gasteiger partial charge in [-0.2, -0.15) is 0 Å². The van der Waals surface area contributed by atoms with Crippen LogP contribution in [0.3, 0.4) is 0 Å². The monoisotopic (exact) mass is 286 g/mol. The molecule has 1 unspecified atom stereocenters. The fraction of sp³-hybridized carbons (Fsp3) is 0.471. The minimum Gasteiger partial charge on any atom is -0.495 e. The summed E-state index contributed by atoms with van der Waals surface area (Å²) in [5.41, 5.74) is 2.17. The Hall–Kier alpha value is -1.97. The number of aromatic nitrogens is 1. The Morgan fingerprint density at radius 1 is 1.43 bits per heavy atom. The molecular weight excluding hydrogens is 264 g/mol. The van der Waals surface area contributed by atoms with Gasteiger partial charge in [-0.3, -0.25) is 4.79 Å². The van der Waals surface area contributed by atoms with Gasteiger partial charge in [0.2, 0.25) is 5.91 Å². The Bertz CT molecular complexity index is 647. The minimum atomic E-state index is 0.283. The van der Waals surface area contributed by atoms with Gasteiger partial charge in [0.05, 0.1) is 12.6 Å². The number of H-pyrrole nitrogens is 1. The van der Waals surface area contributed by atoms with Crippen molar-refractivity contribution in [2.45, 2.75) is 32.7 Å². The Morgan fingerprint density at radius 2 is 2.29 bits per heavy atom. The van der Waals surface area contributed by atoms with E-state index in [1.165, 1.54) is 0 Å². The second-order valence-electron chi connectivity index (χ2n) is 5.83. The van der Waals surface area contributed by atoms with Crippen LogP contribution >= 0.6 is 0 Å². The van der Waals surface area contributed by atoms with Gasteiger partial charge in [-0.15, -0.1) is 0 Å². The summed E-state index contributed by atoms with van der Waals surface area (Å²) in [4.78, 5) is 17.4. The molecule has 2 heterocycles. The van der Waals surface area contributed by atoms with E-state index in [4.69, 9.17) is 4.74 Å². The quantitative estimate of drug-likeness (QED) is 0.916. The number of hydrogen-bond acceptors (Lipinski definition) is 2. The van der Waals surface area contributed by atoms with Crippen LogP contribution in [0.25, 0.3) is 10.9 Å². The van der Waals surface area contributed by atoms with E-state index in [0.717, 1.165) is 41.6 Å². The van der Waals surface area contributed by atoms with Crippen molar-refractivity contribution >= 4 is 16.8 Å². The topological polar surface area (TPSA) is 45.3 Å². The van der Waals surface area contributed by atoms with Gasteiger partial charge >= 0.3 is 0 Å². The van der Waals surface area contributed by atoms with Crippen LogP contribution in [0.15, 0.2) is 24.4 Å². The van der Waals surface area contributed by atoms with Crippen LogP contribution in [0.5, 0.6) is 5.75 Å². The summed E-state index contributed by atoms with van der Waals surface area (Å²) in [6.07, 6.45) is 4.99. The molecule has 3 rings (SSSR count). The van der Waals surface area contributed by atoms with E-state index in [-0.39, 0.29) is 5.91 Å². The molecule has 0 spiro atoms. The second-order valence-corrected chi connectivity index (χ2v) is 5.83. The number of amides is 1. The second kappa shape index (κ2) is 5.80. The summed E-state index contributed by atoms with van der Waals surface area (Å²) < 4.78 is 5.37. The van der Waals surface area contributed by atoms with Crippen molar-refractivity contribution in [3.8, 4) is 5.75 Å². The first-order valence-corrected chi connectivity index (χ1v) is 7.63. The highest BCUT2D eigenvalue weighted by Crippen LogP contribution is 2.30. The van der Waals surface area contributed by atoms with Crippen molar-refractivity contribution in [1.82, 2.24) is 9.88 Å². The Labute approximate surface area is 125 Å². The lowest BCUT2D eigenvalue weighted by Gasteiger charge is -2.16. The van der Waals surface area contributed by atoms with E-state index >= 15 is 0 Å². The van der Waals surface area contributed by atoms with Crippen molar-refractivity contribution in [2.24, 2.45) is 5.92 Å². The van der Waals surface area contributed by atoms with Gasteiger partial charge in [-0.25, -0.2) is 0 Å². The Balaban J connectivity index is 1.81. The highest BCUT2D eigenvalue weighted by atomic mass is 16.5. The molecule has 1 aromatic heterocycles. The number of nitrogens with one attached hydrogen (secondary N) is 1. The molecular formula is C17H22N2O2. The number of hydrogen-bond donors (Lipinski definition) is 1. The minimum absolute atomic E-state index is 0.283. The summed E-state index contributed by atoms with van der Waals surface area (Å²) in [5, 5.41) is 1.14. The van der Waals surface area contributed by atoms with Gasteiger partial charge in [0.25, 0.3) is 0 Å². The third-order valence-corrected chi connectivity index (χ3v) is 4.34. The van der Waals surface area contributed by atoms with Gasteiger partial charge in [-0.1, -0.05) is 25.5 Å². The fourth-order valence-electron chi connectivity index (χ4n) is 3.30. The molecule has 0 radical (unpaired) electrons. The molecule has 21 heavy (non-hydrogen) atoms. The largest absolute Gasteiger partial charge is 0.495 e. The van der Waals surface area contributed by atoms with Crippen molar-refractivity contribution in [1.29, 1.82) is 0 Å². The normalized spacial score (nSPS) is 18.7. The summed E-state index contributed by atoms with van der Waals surface area (Å²) in [6, 6.07) is 6.01. The fourth-order valence-corrected chi connectivity index (χ4v) is 3.30. The van der Waals surface area contributed by atoms with E-state index in [0.29, 0.717) is 18.9 Å². The molecule has 1 aliphatic heterocycles. The molecule has 1 aliphatic rings. The average Bonchev–Trinajstić information content (AvgIpc) is 3.04. The van der Waals surface area contributed by atoms with Gasteiger partial charge in [0, 0.05) is 31.1 Å². The predicted molar refractivity (Wildman–Crippen MR) is 83.3 cm³/mol. The number of rotatable bonds is 5. The van der Waals surface area contributed by atoms with Gasteiger partial charge in [0.15, 0.2) is 0 Å². The first-order chi connectivity index (χ1) is 10.2. The van der Waals surface area contributed by atoms with E-state index in [1.54, 1.807) is 7.11 Å². The summed E-state index contributed by atoms with van der Waals surface area (Å²) in [6.45, 7) is 3.76. The lowest BCUT2D eigenvalue weighted by atomic mass is 10.0. The van der Waals surface area contributed by atoms with E-state index in [2.05, 4.69) is 18.0 Å². The molecule has 0 bridgehead atoms. The molecule has 112 valence electrons. The number of benzene rings is 1. The van der Waals surface area contributed by atoms with Crippen LogP contribution in [0, 0.1) is 5.92 Å². The van der Waals surface area contributed by atoms with E-state index in [9.17, 15) is 4.79 Å². The molecule has 1 N–H and O–H groups in total. The van der Waals surface area contributed by atoms with Crippen LogP contribution in [-0.4, -0.2) is 29.4 Å². The van der Waals surface area contributed by atoms with Crippen molar-refractivity contribution in [3.63, 3.8) is 0 Å². The highest BCUT2D eigenvalue weighted by molar-refractivity contribution is 5.89. The third-order valence-electron chi connectivity index (χ3n) is 4.34. The van der Waals surface area contributed by atoms with Crippen LogP contribution < -0.4 is 4.74 Å². The Kier molecular flexibility index (Phi) is 3.86. The molecule has 2 aromatic rings. The number of ether oxygens (including phenoxy) is 1. The number of carbonyl (C=O) groups is 1. The summed E-state index contributed by atoms with van der Waals surface area (Å²) in [7, 11) is 1.68. The molecule has 0 saturated carbocycles. The maximum absolute atomic E-state index is 12.1. The van der Waals surface area contributed by atoms with Crippen LogP contribution in [-0.2, 0) is 11.3 Å². The number of likely N-dealkylation sites (tertiary alicyclic amines) is 1. The Morgan fingerprint density at radius 3 is 3.05 bits per heavy atom. The van der Waals surface area contributed by atoms with Gasteiger partial charge in [0.1, 0.15) is 5.75 Å². The standard InChI is InChI=1S/C17H22N2O2/c1-3-5-12-8-16(20)19(10-12)11-13-9-18-17-14(13)6-4-7-15(17)21-2/h4,6-7,9,12,18H,3,5,8,10-11H2,1-2H3. The molecule has 1 fully saturated rings. The lowest BCUT2D eigenvalue weighted by molar-refractivity contribution is -0.128. The smallest absolute Gasteiger partial charge is 0.223 e. The highest BCUT2D eigenvalue weighted by Gasteiger charge is 2.29. The van der Waals surface area contributed by atoms with Crippen molar-refractivity contribution < 1.29 is 9.53 Å². The zero-order chi connectivity index (χ0) is 14.8. The van der Waals surface area contributed by atoms with Crippen molar-refractivity contribution in [2.75, 3.05) is 13.7 Å². The third kappa shape index (κ3) is 2.62. The molecule has 0 aliphatic carbocycles. The molecule has 1 saturated heterocycles. The average molecular weight is 286 g/mol. The summed E-state index contributed by atoms with van der Waals surface area (Å²) in [5.74, 6) is 1.66. The van der Waals surface area contributed by atoms with Crippen molar-refractivity contribution in [3.05, 3.63) is 30.0 Å². The number of aromatic amines is 1. The molecule has 4 nitrogen and oxygen atoms in total. The molecule has 1 amide bonds. The van der Waals surface area contributed by atoms with Crippen LogP contribution in [0.1, 0.15) is 31.7 Å². The van der Waals surface area contributed by atoms with Gasteiger partial charge < -0.3 is 14.6 Å². The summed E-state index contributed by atoms with van der Waals surface area (Å²) >= 11 is 0. The SMILES string of the molecule is CCCC1CC(=O)N(Cc2c[nH]c3c(OC)cccc23)C1. The van der Waals surface area contributed by atoms with E-state index < -0.39 is 0 Å². The van der Waals surface area contributed by atoms with Crippen LogP contribution in [0.2, 0.25) is 0 Å². The number of para-hydroxylation sites is 1. The lowest BCUT2D eigenvalue weighted by Crippen LogP contribution is -2.24. The first-order valence-electron chi connectivity index (χ1n) is 7.63. The molecule has 4 heteroatoms. The molecule has 1 aromatic carbocycles. The number of fused-ring (bicyclic) bond motifs is 1. The number of methoxy groups -OCH3 is 1. The van der Waals surface area contributed by atoms with Gasteiger partial charge in [-0.05, 0) is 24.0 Å². The number of nitrogens with zero attached hydrogens (tertiary/aromatic N) is 1. The zero-order valence-corrected chi connectivity index (χ0v) is 12.7. The van der Waals surface area contributed by atoms with Crippen LogP contribution in [0.4, 0.5) is 0 Å². The zero-order valence-electron chi connectivity index (χ0n) is 12.7. The molecule has 1 atom stereocenters.